The lowest BCUT2D eigenvalue weighted by molar-refractivity contribution is -0.148. The van der Waals surface area contributed by atoms with Crippen molar-refractivity contribution in [1.29, 1.82) is 0 Å². The first-order valence-electron chi connectivity index (χ1n) is 6.78. The Kier molecular flexibility index (Phi) is 5.06. The summed E-state index contributed by atoms with van der Waals surface area (Å²) >= 11 is 1.74. The number of carboxylic acids is 1. The Morgan fingerprint density at radius 3 is 2.45 bits per heavy atom. The number of carbonyl (C=O) groups is 2. The van der Waals surface area contributed by atoms with Gasteiger partial charge in [-0.05, 0) is 36.3 Å². The number of aryl methyl sites for hydroxylation is 1. The summed E-state index contributed by atoms with van der Waals surface area (Å²) in [6, 6.07) is 9.74. The minimum Gasteiger partial charge on any atom is -0.480 e. The van der Waals surface area contributed by atoms with Gasteiger partial charge in [0, 0.05) is 6.42 Å². The van der Waals surface area contributed by atoms with E-state index in [0.29, 0.717) is 25.7 Å². The van der Waals surface area contributed by atoms with Crippen molar-refractivity contribution in [3.05, 3.63) is 35.9 Å². The van der Waals surface area contributed by atoms with Crippen LogP contribution >= 0.6 is 11.8 Å². The smallest absolute Gasteiger partial charge is 0.329 e. The highest BCUT2D eigenvalue weighted by molar-refractivity contribution is 7.99. The number of benzene rings is 1. The molecule has 5 heteroatoms. The number of carboxylic acid groups (broad SMARTS) is 1. The second-order valence-corrected chi connectivity index (χ2v) is 6.26. The van der Waals surface area contributed by atoms with Gasteiger partial charge in [-0.3, -0.25) is 4.79 Å². The van der Waals surface area contributed by atoms with Crippen molar-refractivity contribution in [2.45, 2.75) is 31.2 Å². The molecule has 0 unspecified atom stereocenters. The van der Waals surface area contributed by atoms with Gasteiger partial charge in [0.15, 0.2) is 0 Å². The summed E-state index contributed by atoms with van der Waals surface area (Å²) in [4.78, 5) is 23.5. The number of nitrogens with one attached hydrogen (secondary N) is 1. The SMILES string of the molecule is O=C(CCc1ccccc1)NC1(C(=O)O)CCSCC1. The summed E-state index contributed by atoms with van der Waals surface area (Å²) < 4.78 is 0. The maximum atomic E-state index is 12.0. The molecule has 0 aromatic heterocycles. The van der Waals surface area contributed by atoms with E-state index in [9.17, 15) is 14.7 Å². The van der Waals surface area contributed by atoms with Crippen LogP contribution in [-0.4, -0.2) is 34.0 Å². The van der Waals surface area contributed by atoms with E-state index < -0.39 is 11.5 Å². The van der Waals surface area contributed by atoms with Crippen LogP contribution in [0.3, 0.4) is 0 Å². The fourth-order valence-corrected chi connectivity index (χ4v) is 3.53. The molecule has 1 fully saturated rings. The van der Waals surface area contributed by atoms with Crippen molar-refractivity contribution in [1.82, 2.24) is 5.32 Å². The average Bonchev–Trinajstić information content (AvgIpc) is 2.47. The van der Waals surface area contributed by atoms with Gasteiger partial charge in [-0.15, -0.1) is 0 Å². The summed E-state index contributed by atoms with van der Waals surface area (Å²) in [7, 11) is 0. The first kappa shape index (κ1) is 14.9. The summed E-state index contributed by atoms with van der Waals surface area (Å²) in [6.07, 6.45) is 1.97. The van der Waals surface area contributed by atoms with Crippen LogP contribution in [0.15, 0.2) is 30.3 Å². The lowest BCUT2D eigenvalue weighted by Crippen LogP contribution is -2.56. The molecule has 0 aliphatic carbocycles. The van der Waals surface area contributed by atoms with Crippen LogP contribution in [0.2, 0.25) is 0 Å². The van der Waals surface area contributed by atoms with Crippen molar-refractivity contribution >= 4 is 23.6 Å². The Morgan fingerprint density at radius 2 is 1.85 bits per heavy atom. The predicted octanol–water partition coefficient (Wildman–Crippen LogP) is 2.09. The molecule has 1 aromatic rings. The first-order valence-corrected chi connectivity index (χ1v) is 7.94. The molecule has 1 aliphatic heterocycles. The number of amides is 1. The molecule has 108 valence electrons. The van der Waals surface area contributed by atoms with Gasteiger partial charge >= 0.3 is 5.97 Å². The number of thioether (sulfide) groups is 1. The monoisotopic (exact) mass is 293 g/mol. The van der Waals surface area contributed by atoms with Crippen LogP contribution in [0.5, 0.6) is 0 Å². The van der Waals surface area contributed by atoms with Gasteiger partial charge in [0.2, 0.25) is 5.91 Å². The van der Waals surface area contributed by atoms with E-state index in [1.165, 1.54) is 0 Å². The van der Waals surface area contributed by atoms with Crippen LogP contribution in [0.1, 0.15) is 24.8 Å². The molecule has 2 rings (SSSR count). The van der Waals surface area contributed by atoms with E-state index in [1.807, 2.05) is 30.3 Å². The van der Waals surface area contributed by atoms with E-state index in [2.05, 4.69) is 5.32 Å². The van der Waals surface area contributed by atoms with Crippen LogP contribution in [0.4, 0.5) is 0 Å². The topological polar surface area (TPSA) is 66.4 Å². The van der Waals surface area contributed by atoms with E-state index in [0.717, 1.165) is 17.1 Å². The third-order valence-electron chi connectivity index (χ3n) is 3.62. The fraction of sp³-hybridized carbons (Fsp3) is 0.467. The molecule has 0 bridgehead atoms. The molecule has 1 saturated heterocycles. The summed E-state index contributed by atoms with van der Waals surface area (Å²) in [5.74, 6) is 0.477. The second kappa shape index (κ2) is 6.79. The van der Waals surface area contributed by atoms with E-state index in [4.69, 9.17) is 0 Å². The lowest BCUT2D eigenvalue weighted by atomic mass is 9.92. The molecule has 0 spiro atoms. The first-order chi connectivity index (χ1) is 9.62. The normalized spacial score (nSPS) is 17.4. The van der Waals surface area contributed by atoms with Crippen molar-refractivity contribution in [3.63, 3.8) is 0 Å². The molecule has 4 nitrogen and oxygen atoms in total. The molecule has 0 radical (unpaired) electrons. The highest BCUT2D eigenvalue weighted by Crippen LogP contribution is 2.27. The summed E-state index contributed by atoms with van der Waals surface area (Å²) in [5.41, 5.74) is 0.0326. The molecule has 2 N–H and O–H groups in total. The summed E-state index contributed by atoms with van der Waals surface area (Å²) in [5, 5.41) is 12.1. The lowest BCUT2D eigenvalue weighted by Gasteiger charge is -2.33. The fourth-order valence-electron chi connectivity index (χ4n) is 2.34. The van der Waals surface area contributed by atoms with Gasteiger partial charge in [0.25, 0.3) is 0 Å². The van der Waals surface area contributed by atoms with Crippen LogP contribution in [0, 0.1) is 0 Å². The van der Waals surface area contributed by atoms with Gasteiger partial charge in [-0.2, -0.15) is 11.8 Å². The maximum Gasteiger partial charge on any atom is 0.329 e. The van der Waals surface area contributed by atoms with Crippen LogP contribution in [0.25, 0.3) is 0 Å². The van der Waals surface area contributed by atoms with Crippen molar-refractivity contribution < 1.29 is 14.7 Å². The largest absolute Gasteiger partial charge is 0.480 e. The molecule has 0 saturated carbocycles. The highest BCUT2D eigenvalue weighted by atomic mass is 32.2. The van der Waals surface area contributed by atoms with Crippen molar-refractivity contribution in [2.24, 2.45) is 0 Å². The van der Waals surface area contributed by atoms with E-state index in [-0.39, 0.29) is 5.91 Å². The number of hydrogen-bond donors (Lipinski definition) is 2. The average molecular weight is 293 g/mol. The zero-order valence-electron chi connectivity index (χ0n) is 11.3. The Hall–Kier alpha value is -1.49. The molecular formula is C15H19NO3S. The maximum absolute atomic E-state index is 12.0. The second-order valence-electron chi connectivity index (χ2n) is 5.03. The third kappa shape index (κ3) is 3.76. The molecule has 1 heterocycles. The standard InChI is InChI=1S/C15H19NO3S/c17-13(7-6-12-4-2-1-3-5-12)16-15(14(18)19)8-10-20-11-9-15/h1-5H,6-11H2,(H,16,17)(H,18,19). The number of carbonyl (C=O) groups excluding carboxylic acids is 1. The Balaban J connectivity index is 1.90. The predicted molar refractivity (Wildman–Crippen MR) is 79.8 cm³/mol. The number of aliphatic carboxylic acids is 1. The Morgan fingerprint density at radius 1 is 1.20 bits per heavy atom. The van der Waals surface area contributed by atoms with Crippen LogP contribution in [-0.2, 0) is 16.0 Å². The zero-order valence-corrected chi connectivity index (χ0v) is 12.1. The van der Waals surface area contributed by atoms with Crippen LogP contribution < -0.4 is 5.32 Å². The molecule has 1 aliphatic rings. The quantitative estimate of drug-likeness (QED) is 0.872. The number of rotatable bonds is 5. The van der Waals surface area contributed by atoms with Gasteiger partial charge in [-0.25, -0.2) is 4.79 Å². The minimum absolute atomic E-state index is 0.178. The van der Waals surface area contributed by atoms with Gasteiger partial charge < -0.3 is 10.4 Å². The molecule has 20 heavy (non-hydrogen) atoms. The van der Waals surface area contributed by atoms with Crippen molar-refractivity contribution in [3.8, 4) is 0 Å². The molecule has 0 atom stereocenters. The van der Waals surface area contributed by atoms with Gasteiger partial charge in [0.1, 0.15) is 5.54 Å². The molecular weight excluding hydrogens is 274 g/mol. The zero-order chi connectivity index (χ0) is 14.4. The van der Waals surface area contributed by atoms with Gasteiger partial charge in [0.05, 0.1) is 0 Å². The van der Waals surface area contributed by atoms with Crippen molar-refractivity contribution in [2.75, 3.05) is 11.5 Å². The molecule has 1 aromatic carbocycles. The van der Waals surface area contributed by atoms with E-state index in [1.54, 1.807) is 11.8 Å². The Bertz CT molecular complexity index is 469. The molecule has 1 amide bonds. The van der Waals surface area contributed by atoms with Gasteiger partial charge in [-0.1, -0.05) is 30.3 Å². The number of hydrogen-bond acceptors (Lipinski definition) is 3. The van der Waals surface area contributed by atoms with E-state index >= 15 is 0 Å². The minimum atomic E-state index is -1.06. The third-order valence-corrected chi connectivity index (χ3v) is 4.60. The Labute approximate surface area is 123 Å². The summed E-state index contributed by atoms with van der Waals surface area (Å²) in [6.45, 7) is 0. The highest BCUT2D eigenvalue weighted by Gasteiger charge is 2.40.